The van der Waals surface area contributed by atoms with Gasteiger partial charge in [-0.3, -0.25) is 0 Å². The summed E-state index contributed by atoms with van der Waals surface area (Å²) in [4.78, 5) is 10.9. The standard InChI is InChI=1S/C16H20BrIO3S/c1-3-4-5-6-9-16(2,21-15(19)20)10-7-8-12-11-13(18)22-14(12)17/h11H,3-5,7-8,10H2,1-2H3,(H,19,20). The second-order valence-corrected chi connectivity index (χ2v) is 9.47. The van der Waals surface area contributed by atoms with Crippen LogP contribution in [0.1, 0.15) is 51.5 Å². The molecule has 6 heteroatoms. The largest absolute Gasteiger partial charge is 0.507 e. The molecule has 0 bridgehead atoms. The van der Waals surface area contributed by atoms with E-state index in [4.69, 9.17) is 9.84 Å². The van der Waals surface area contributed by atoms with Crippen molar-refractivity contribution in [3.8, 4) is 11.8 Å². The molecule has 0 aliphatic carbocycles. The average molecular weight is 499 g/mol. The Morgan fingerprint density at radius 2 is 2.27 bits per heavy atom. The van der Waals surface area contributed by atoms with Crippen LogP contribution in [-0.2, 0) is 11.2 Å². The van der Waals surface area contributed by atoms with E-state index in [-0.39, 0.29) is 0 Å². The van der Waals surface area contributed by atoms with E-state index in [0.717, 1.165) is 35.9 Å². The van der Waals surface area contributed by atoms with Gasteiger partial charge in [-0.15, -0.1) is 11.3 Å². The summed E-state index contributed by atoms with van der Waals surface area (Å²) in [5.74, 6) is 6.05. The van der Waals surface area contributed by atoms with Crippen LogP contribution in [-0.4, -0.2) is 16.9 Å². The maximum absolute atomic E-state index is 10.9. The molecule has 0 saturated carbocycles. The van der Waals surface area contributed by atoms with Crippen molar-refractivity contribution in [2.24, 2.45) is 0 Å². The molecular formula is C16H20BrIO3S. The number of unbranched alkanes of at least 4 members (excludes halogenated alkanes) is 2. The first-order valence-corrected chi connectivity index (χ1v) is 9.91. The van der Waals surface area contributed by atoms with Gasteiger partial charge in [0.2, 0.25) is 0 Å². The molecule has 0 radical (unpaired) electrons. The molecule has 1 rings (SSSR count). The van der Waals surface area contributed by atoms with Crippen molar-refractivity contribution in [3.63, 3.8) is 0 Å². The Kier molecular flexibility index (Phi) is 8.80. The smallest absolute Gasteiger partial charge is 0.450 e. The Bertz CT molecular complexity index is 561. The highest BCUT2D eigenvalue weighted by Gasteiger charge is 2.26. The maximum atomic E-state index is 10.9. The molecule has 1 N–H and O–H groups in total. The zero-order valence-electron chi connectivity index (χ0n) is 12.7. The number of hydrogen-bond acceptors (Lipinski definition) is 3. The van der Waals surface area contributed by atoms with Crippen LogP contribution in [0.25, 0.3) is 0 Å². The molecule has 0 amide bonds. The lowest BCUT2D eigenvalue weighted by molar-refractivity contribution is 0.0207. The average Bonchev–Trinajstić information content (AvgIpc) is 2.72. The van der Waals surface area contributed by atoms with Gasteiger partial charge in [0.15, 0.2) is 5.60 Å². The van der Waals surface area contributed by atoms with Gasteiger partial charge in [-0.05, 0) is 82.8 Å². The van der Waals surface area contributed by atoms with Gasteiger partial charge in [-0.2, -0.15) is 0 Å². The number of hydrogen-bond donors (Lipinski definition) is 1. The molecule has 1 unspecified atom stereocenters. The molecule has 1 heterocycles. The second kappa shape index (κ2) is 9.78. The molecule has 122 valence electrons. The Labute approximate surface area is 158 Å². The van der Waals surface area contributed by atoms with E-state index in [1.54, 1.807) is 18.3 Å². The number of carboxylic acid groups (broad SMARTS) is 1. The summed E-state index contributed by atoms with van der Waals surface area (Å²) in [5.41, 5.74) is 0.334. The molecule has 0 aliphatic rings. The summed E-state index contributed by atoms with van der Waals surface area (Å²) in [6, 6.07) is 2.15. The third kappa shape index (κ3) is 7.34. The van der Waals surface area contributed by atoms with Crippen LogP contribution in [0, 0.1) is 14.7 Å². The fourth-order valence-corrected chi connectivity index (χ4v) is 5.45. The van der Waals surface area contributed by atoms with Crippen LogP contribution in [0.3, 0.4) is 0 Å². The van der Waals surface area contributed by atoms with Gasteiger partial charge in [0.05, 0.1) is 6.67 Å². The fraction of sp³-hybridized carbons (Fsp3) is 0.562. The van der Waals surface area contributed by atoms with E-state index in [1.165, 1.54) is 8.45 Å². The van der Waals surface area contributed by atoms with E-state index in [1.807, 2.05) is 0 Å². The molecule has 0 fully saturated rings. The minimum absolute atomic E-state index is 0.595. The predicted octanol–water partition coefficient (Wildman–Crippen LogP) is 6.08. The number of rotatable bonds is 7. The van der Waals surface area contributed by atoms with Crippen LogP contribution in [0.15, 0.2) is 9.85 Å². The SMILES string of the molecule is CCCCC#CC(C)(CCCc1cc(I)sc1Br)OC(=O)O. The van der Waals surface area contributed by atoms with Crippen LogP contribution in [0.5, 0.6) is 0 Å². The minimum atomic E-state index is -1.27. The number of halogens is 2. The van der Waals surface area contributed by atoms with E-state index in [9.17, 15) is 4.79 Å². The van der Waals surface area contributed by atoms with Crippen LogP contribution in [0.2, 0.25) is 0 Å². The molecule has 1 aromatic heterocycles. The summed E-state index contributed by atoms with van der Waals surface area (Å²) in [6.07, 6.45) is 3.93. The van der Waals surface area contributed by atoms with Gasteiger partial charge >= 0.3 is 6.16 Å². The monoisotopic (exact) mass is 498 g/mol. The lowest BCUT2D eigenvalue weighted by Gasteiger charge is -2.22. The molecule has 1 atom stereocenters. The Balaban J connectivity index is 2.61. The third-order valence-electron chi connectivity index (χ3n) is 3.15. The van der Waals surface area contributed by atoms with Gasteiger partial charge in [-0.1, -0.05) is 25.2 Å². The van der Waals surface area contributed by atoms with Crippen molar-refractivity contribution in [2.45, 2.75) is 58.0 Å². The number of ether oxygens (including phenoxy) is 1. The molecule has 22 heavy (non-hydrogen) atoms. The van der Waals surface area contributed by atoms with Crippen molar-refractivity contribution in [3.05, 3.63) is 18.3 Å². The van der Waals surface area contributed by atoms with Gasteiger partial charge in [-0.25, -0.2) is 4.79 Å². The zero-order valence-corrected chi connectivity index (χ0v) is 17.3. The summed E-state index contributed by atoms with van der Waals surface area (Å²) >= 11 is 7.56. The summed E-state index contributed by atoms with van der Waals surface area (Å²) in [6.45, 7) is 3.86. The van der Waals surface area contributed by atoms with Crippen molar-refractivity contribution in [2.75, 3.05) is 0 Å². The normalized spacial score (nSPS) is 13.1. The van der Waals surface area contributed by atoms with E-state index < -0.39 is 11.8 Å². The minimum Gasteiger partial charge on any atom is -0.450 e. The number of thiophene rings is 1. The van der Waals surface area contributed by atoms with E-state index in [2.05, 4.69) is 63.4 Å². The highest BCUT2D eigenvalue weighted by molar-refractivity contribution is 14.1. The van der Waals surface area contributed by atoms with Crippen LogP contribution >= 0.6 is 49.9 Å². The molecule has 0 spiro atoms. The topological polar surface area (TPSA) is 46.5 Å². The lowest BCUT2D eigenvalue weighted by Crippen LogP contribution is -2.29. The van der Waals surface area contributed by atoms with Crippen LogP contribution in [0.4, 0.5) is 4.79 Å². The Hall–Kier alpha value is -0.260. The second-order valence-electron chi connectivity index (χ2n) is 5.21. The highest BCUT2D eigenvalue weighted by Crippen LogP contribution is 2.31. The molecular weight excluding hydrogens is 479 g/mol. The molecule has 0 aliphatic heterocycles. The highest BCUT2D eigenvalue weighted by atomic mass is 127. The number of aryl methyl sites for hydroxylation is 1. The first kappa shape index (κ1) is 19.8. The van der Waals surface area contributed by atoms with Gasteiger partial charge in [0.25, 0.3) is 0 Å². The molecule has 1 aromatic rings. The van der Waals surface area contributed by atoms with Gasteiger partial charge < -0.3 is 9.84 Å². The maximum Gasteiger partial charge on any atom is 0.507 e. The van der Waals surface area contributed by atoms with Gasteiger partial charge in [0.1, 0.15) is 0 Å². The summed E-state index contributed by atoms with van der Waals surface area (Å²) < 4.78 is 7.41. The van der Waals surface area contributed by atoms with Gasteiger partial charge in [0, 0.05) is 6.42 Å². The van der Waals surface area contributed by atoms with Crippen molar-refractivity contribution >= 4 is 56.0 Å². The lowest BCUT2D eigenvalue weighted by atomic mass is 9.97. The Morgan fingerprint density at radius 3 is 2.82 bits per heavy atom. The third-order valence-corrected chi connectivity index (χ3v) is 5.87. The van der Waals surface area contributed by atoms with E-state index >= 15 is 0 Å². The summed E-state index contributed by atoms with van der Waals surface area (Å²) in [7, 11) is 0. The number of carbonyl (C=O) groups is 1. The predicted molar refractivity (Wildman–Crippen MR) is 102 cm³/mol. The van der Waals surface area contributed by atoms with Crippen molar-refractivity contribution < 1.29 is 14.6 Å². The molecule has 3 nitrogen and oxygen atoms in total. The van der Waals surface area contributed by atoms with Crippen LogP contribution < -0.4 is 0 Å². The summed E-state index contributed by atoms with van der Waals surface area (Å²) in [5, 5.41) is 8.92. The zero-order chi connectivity index (χ0) is 16.6. The van der Waals surface area contributed by atoms with Crippen molar-refractivity contribution in [1.29, 1.82) is 0 Å². The Morgan fingerprint density at radius 1 is 1.55 bits per heavy atom. The van der Waals surface area contributed by atoms with Crippen molar-refractivity contribution in [1.82, 2.24) is 0 Å². The molecule has 0 aromatic carbocycles. The fourth-order valence-electron chi connectivity index (χ4n) is 2.01. The first-order valence-electron chi connectivity index (χ1n) is 7.22. The van der Waals surface area contributed by atoms with E-state index in [0.29, 0.717) is 6.42 Å². The first-order chi connectivity index (χ1) is 10.4. The quantitative estimate of drug-likeness (QED) is 0.214. The molecule has 0 saturated heterocycles.